The fourth-order valence-electron chi connectivity index (χ4n) is 3.47. The zero-order valence-electron chi connectivity index (χ0n) is 21.2. The van der Waals surface area contributed by atoms with Gasteiger partial charge in [0, 0.05) is 24.7 Å². The van der Waals surface area contributed by atoms with Crippen LogP contribution in [-0.2, 0) is 30.4 Å². The summed E-state index contributed by atoms with van der Waals surface area (Å²) in [6.07, 6.45) is 3.55. The van der Waals surface area contributed by atoms with E-state index in [-0.39, 0.29) is 37.5 Å². The lowest BCUT2D eigenvalue weighted by Gasteiger charge is -2.27. The Labute approximate surface area is 210 Å². The van der Waals surface area contributed by atoms with E-state index in [2.05, 4.69) is 25.9 Å². The van der Waals surface area contributed by atoms with Crippen molar-refractivity contribution in [1.29, 1.82) is 0 Å². The van der Waals surface area contributed by atoms with Gasteiger partial charge in [-0.3, -0.25) is 19.2 Å². The van der Waals surface area contributed by atoms with Crippen molar-refractivity contribution in [2.24, 2.45) is 23.3 Å². The molecule has 1 heterocycles. The molecule has 13 heteroatoms. The number of H-pyrrole nitrogens is 1. The van der Waals surface area contributed by atoms with Gasteiger partial charge >= 0.3 is 5.97 Å². The third-order valence-corrected chi connectivity index (χ3v) is 5.76. The lowest BCUT2D eigenvalue weighted by molar-refractivity contribution is -0.144. The number of aliphatic carboxylic acids is 1. The van der Waals surface area contributed by atoms with E-state index in [4.69, 9.17) is 11.5 Å². The number of carbonyl (C=O) groups is 5. The van der Waals surface area contributed by atoms with Crippen LogP contribution in [0.2, 0.25) is 0 Å². The second-order valence-electron chi connectivity index (χ2n) is 9.35. The minimum atomic E-state index is -1.19. The van der Waals surface area contributed by atoms with Crippen LogP contribution < -0.4 is 27.4 Å². The summed E-state index contributed by atoms with van der Waals surface area (Å²) in [7, 11) is 0. The Balaban J connectivity index is 3.00. The number of imidazole rings is 1. The molecule has 0 saturated heterocycles. The molecule has 36 heavy (non-hydrogen) atoms. The smallest absolute Gasteiger partial charge is 0.326 e. The van der Waals surface area contributed by atoms with Gasteiger partial charge in [-0.25, -0.2) is 9.78 Å². The Morgan fingerprint density at radius 1 is 1.03 bits per heavy atom. The monoisotopic (exact) mass is 509 g/mol. The summed E-state index contributed by atoms with van der Waals surface area (Å²) < 4.78 is 0. The van der Waals surface area contributed by atoms with Crippen LogP contribution in [0.4, 0.5) is 0 Å². The third-order valence-electron chi connectivity index (χ3n) is 5.76. The molecule has 0 aliphatic carbocycles. The van der Waals surface area contributed by atoms with Crippen molar-refractivity contribution in [1.82, 2.24) is 25.9 Å². The average molecular weight is 510 g/mol. The Morgan fingerprint density at radius 2 is 1.64 bits per heavy atom. The summed E-state index contributed by atoms with van der Waals surface area (Å²) in [5.41, 5.74) is 11.8. The highest BCUT2D eigenvalue weighted by Crippen LogP contribution is 2.11. The number of aromatic amines is 1. The number of carbonyl (C=O) groups excluding carboxylic acids is 4. The normalized spacial score (nSPS) is 15.3. The summed E-state index contributed by atoms with van der Waals surface area (Å²) in [5.74, 6) is -4.20. The van der Waals surface area contributed by atoms with E-state index in [0.29, 0.717) is 12.1 Å². The van der Waals surface area contributed by atoms with E-state index in [9.17, 15) is 29.1 Å². The van der Waals surface area contributed by atoms with E-state index in [1.165, 1.54) is 12.5 Å². The highest BCUT2D eigenvalue weighted by molar-refractivity contribution is 5.94. The number of carboxylic acid groups (broad SMARTS) is 1. The molecule has 0 fully saturated rings. The number of nitrogens with two attached hydrogens (primary N) is 2. The first-order valence-corrected chi connectivity index (χ1v) is 12.0. The van der Waals surface area contributed by atoms with Crippen LogP contribution >= 0.6 is 0 Å². The molecule has 5 unspecified atom stereocenters. The maximum atomic E-state index is 13.1. The van der Waals surface area contributed by atoms with E-state index >= 15 is 0 Å². The molecule has 5 atom stereocenters. The van der Waals surface area contributed by atoms with Crippen LogP contribution in [0.5, 0.6) is 0 Å². The number of aromatic nitrogens is 2. The van der Waals surface area contributed by atoms with Gasteiger partial charge in [0.25, 0.3) is 0 Å². The maximum Gasteiger partial charge on any atom is 0.326 e. The number of primary amides is 1. The maximum absolute atomic E-state index is 13.1. The van der Waals surface area contributed by atoms with Crippen LogP contribution in [0.1, 0.15) is 59.1 Å². The van der Waals surface area contributed by atoms with Crippen LogP contribution in [-0.4, -0.2) is 68.8 Å². The van der Waals surface area contributed by atoms with Crippen molar-refractivity contribution in [2.75, 3.05) is 0 Å². The van der Waals surface area contributed by atoms with Crippen molar-refractivity contribution < 1.29 is 29.1 Å². The van der Waals surface area contributed by atoms with Crippen LogP contribution in [0.15, 0.2) is 12.5 Å². The Hall–Kier alpha value is -3.48. The first-order chi connectivity index (χ1) is 16.8. The van der Waals surface area contributed by atoms with Crippen molar-refractivity contribution in [3.8, 4) is 0 Å². The Bertz CT molecular complexity index is 890. The van der Waals surface area contributed by atoms with Crippen molar-refractivity contribution in [2.45, 2.75) is 84.0 Å². The Morgan fingerprint density at radius 3 is 2.14 bits per heavy atom. The van der Waals surface area contributed by atoms with E-state index in [1.807, 2.05) is 20.8 Å². The summed E-state index contributed by atoms with van der Waals surface area (Å²) in [5, 5.41) is 17.1. The lowest BCUT2D eigenvalue weighted by atomic mass is 9.97. The molecular weight excluding hydrogens is 470 g/mol. The molecule has 0 aliphatic rings. The number of nitrogens with zero attached hydrogens (tertiary/aromatic N) is 1. The second kappa shape index (κ2) is 14.8. The van der Waals surface area contributed by atoms with E-state index in [0.717, 1.165) is 0 Å². The summed E-state index contributed by atoms with van der Waals surface area (Å²) in [6.45, 7) is 7.20. The first-order valence-electron chi connectivity index (χ1n) is 12.0. The predicted molar refractivity (Wildman–Crippen MR) is 131 cm³/mol. The van der Waals surface area contributed by atoms with Gasteiger partial charge in [0.1, 0.15) is 18.1 Å². The molecule has 1 aromatic rings. The van der Waals surface area contributed by atoms with Gasteiger partial charge in [-0.15, -0.1) is 0 Å². The molecule has 0 spiro atoms. The SMILES string of the molecule is CCC(C)C(NC(=O)C(CC(C)C)NC(=O)C(CCC(N)=O)NC(=O)C(N)Cc1cnc[nH]1)C(=O)O. The van der Waals surface area contributed by atoms with Gasteiger partial charge in [-0.05, 0) is 24.7 Å². The third kappa shape index (κ3) is 10.4. The van der Waals surface area contributed by atoms with Crippen LogP contribution in [0.3, 0.4) is 0 Å². The van der Waals surface area contributed by atoms with Crippen molar-refractivity contribution >= 4 is 29.6 Å². The molecule has 0 aromatic carbocycles. The van der Waals surface area contributed by atoms with Crippen LogP contribution in [0.25, 0.3) is 0 Å². The van der Waals surface area contributed by atoms with Gasteiger partial charge in [-0.1, -0.05) is 34.1 Å². The molecule has 0 aliphatic heterocycles. The van der Waals surface area contributed by atoms with E-state index < -0.39 is 53.8 Å². The topological polar surface area (TPSA) is 222 Å². The number of hydrogen-bond acceptors (Lipinski definition) is 7. The quantitative estimate of drug-likeness (QED) is 0.149. The van der Waals surface area contributed by atoms with Crippen molar-refractivity contribution in [3.63, 3.8) is 0 Å². The number of amides is 4. The van der Waals surface area contributed by atoms with Gasteiger partial charge < -0.3 is 37.5 Å². The summed E-state index contributed by atoms with van der Waals surface area (Å²) in [4.78, 5) is 68.4. The second-order valence-corrected chi connectivity index (χ2v) is 9.35. The first kappa shape index (κ1) is 30.6. The highest BCUT2D eigenvalue weighted by Gasteiger charge is 2.32. The van der Waals surface area contributed by atoms with Gasteiger partial charge in [0.05, 0.1) is 12.4 Å². The number of nitrogens with one attached hydrogen (secondary N) is 4. The molecule has 1 aromatic heterocycles. The number of hydrogen-bond donors (Lipinski definition) is 7. The molecule has 4 amide bonds. The fourth-order valence-corrected chi connectivity index (χ4v) is 3.47. The molecular formula is C23H39N7O6. The van der Waals surface area contributed by atoms with Crippen molar-refractivity contribution in [3.05, 3.63) is 18.2 Å². The number of rotatable bonds is 16. The minimum absolute atomic E-state index is 0.0191. The zero-order valence-corrected chi connectivity index (χ0v) is 21.2. The highest BCUT2D eigenvalue weighted by atomic mass is 16.4. The van der Waals surface area contributed by atoms with Gasteiger partial charge in [-0.2, -0.15) is 0 Å². The fraction of sp³-hybridized carbons (Fsp3) is 0.652. The van der Waals surface area contributed by atoms with Gasteiger partial charge in [0.2, 0.25) is 23.6 Å². The molecule has 0 saturated carbocycles. The molecule has 0 radical (unpaired) electrons. The van der Waals surface area contributed by atoms with Crippen LogP contribution in [0, 0.1) is 11.8 Å². The molecule has 0 bridgehead atoms. The average Bonchev–Trinajstić information content (AvgIpc) is 3.31. The van der Waals surface area contributed by atoms with Gasteiger partial charge in [0.15, 0.2) is 0 Å². The Kier molecular flexibility index (Phi) is 12.6. The predicted octanol–water partition coefficient (Wildman–Crippen LogP) is -0.824. The molecule has 9 N–H and O–H groups in total. The molecule has 1 rings (SSSR count). The number of carboxylic acids is 1. The molecule has 202 valence electrons. The molecule has 13 nitrogen and oxygen atoms in total. The largest absolute Gasteiger partial charge is 0.480 e. The van der Waals surface area contributed by atoms with E-state index in [1.54, 1.807) is 6.92 Å². The minimum Gasteiger partial charge on any atom is -0.480 e. The lowest BCUT2D eigenvalue weighted by Crippen LogP contribution is -2.58. The summed E-state index contributed by atoms with van der Waals surface area (Å²) in [6, 6.07) is -4.38. The standard InChI is InChI=1S/C23H39N7O6/c1-5-13(4)19(23(35)36)30-22(34)17(8-12(2)3)29-21(33)16(6-7-18(25)31)28-20(32)15(24)9-14-10-26-11-27-14/h10-13,15-17,19H,5-9,24H2,1-4H3,(H2,25,31)(H,26,27)(H,28,32)(H,29,33)(H,30,34)(H,35,36). The summed E-state index contributed by atoms with van der Waals surface area (Å²) >= 11 is 0. The zero-order chi connectivity index (χ0) is 27.4.